The molecule has 0 unspecified atom stereocenters. The van der Waals surface area contributed by atoms with Gasteiger partial charge in [0.1, 0.15) is 19.3 Å². The van der Waals surface area contributed by atoms with Gasteiger partial charge < -0.3 is 14.2 Å². The Labute approximate surface area is 375 Å². The summed E-state index contributed by atoms with van der Waals surface area (Å²) in [6.07, 6.45) is 59.5. The van der Waals surface area contributed by atoms with Crippen molar-refractivity contribution in [2.45, 2.75) is 309 Å². The maximum Gasteiger partial charge on any atom is 0.305 e. The Morgan fingerprint density at radius 1 is 0.333 bits per heavy atom. The number of rotatable bonds is 51. The molecule has 0 bridgehead atoms. The molecule has 0 amide bonds. The van der Waals surface area contributed by atoms with Crippen molar-refractivity contribution in [2.75, 3.05) is 19.8 Å². The fraction of sp³-hybridized carbons (Fsp3) is 0.927. The number of hydrogen-bond acceptors (Lipinski definition) is 5. The molecule has 0 N–H and O–H groups in total. The lowest BCUT2D eigenvalue weighted by atomic mass is 10.0. The second kappa shape index (κ2) is 52.0. The Bertz CT molecular complexity index is 871. The van der Waals surface area contributed by atoms with Crippen LogP contribution in [0.4, 0.5) is 0 Å². The zero-order valence-corrected chi connectivity index (χ0v) is 41.0. The van der Waals surface area contributed by atoms with Gasteiger partial charge in [-0.25, -0.2) is 0 Å². The number of carbonyl (C=O) groups is 2. The molecule has 0 saturated heterocycles. The molecule has 0 rings (SSSR count). The molecule has 0 aliphatic carbocycles. The molecule has 0 aromatic rings. The zero-order valence-electron chi connectivity index (χ0n) is 41.0. The second-order valence-corrected chi connectivity index (χ2v) is 18.5. The topological polar surface area (TPSA) is 61.8 Å². The summed E-state index contributed by atoms with van der Waals surface area (Å²) in [5, 5.41) is 0. The van der Waals surface area contributed by atoms with Gasteiger partial charge in [0.25, 0.3) is 0 Å². The van der Waals surface area contributed by atoms with E-state index >= 15 is 0 Å². The molecule has 0 aromatic heterocycles. The van der Waals surface area contributed by atoms with Crippen LogP contribution in [0.15, 0.2) is 12.2 Å². The van der Waals surface area contributed by atoms with E-state index in [1.165, 1.54) is 225 Å². The van der Waals surface area contributed by atoms with Crippen LogP contribution in [0.3, 0.4) is 0 Å². The lowest BCUT2D eigenvalue weighted by Gasteiger charge is -2.18. The number of unbranched alkanes of at least 4 members (excludes halogenated alkanes) is 38. The molecule has 0 radical (unpaired) electrons. The van der Waals surface area contributed by atoms with Crippen molar-refractivity contribution in [3.05, 3.63) is 12.2 Å². The van der Waals surface area contributed by atoms with Crippen molar-refractivity contribution in [1.29, 1.82) is 0 Å². The minimum absolute atomic E-state index is 0.158. The highest BCUT2D eigenvalue weighted by molar-refractivity contribution is 5.69. The van der Waals surface area contributed by atoms with Crippen LogP contribution >= 0.6 is 0 Å². The van der Waals surface area contributed by atoms with Gasteiger partial charge in [0.05, 0.1) is 0 Å². The number of hydrogen-bond donors (Lipinski definition) is 0. The first kappa shape index (κ1) is 58.6. The molecule has 5 nitrogen and oxygen atoms in total. The molecule has 0 saturated carbocycles. The molecule has 0 fully saturated rings. The van der Waals surface area contributed by atoms with Crippen molar-refractivity contribution < 1.29 is 23.8 Å². The summed E-state index contributed by atoms with van der Waals surface area (Å²) in [7, 11) is 0. The maximum absolute atomic E-state index is 12.6. The average Bonchev–Trinajstić information content (AvgIpc) is 3.25. The standard InChI is InChI=1S/C55H106O5/c1-4-7-10-13-16-19-22-25-27-29-32-35-38-41-44-47-50-58-53(51-59-54(56)48-45-42-39-36-33-30-24-21-18-15-12-9-6-3)52-60-55(57)49-46-43-40-37-34-31-28-26-23-20-17-14-11-8-5-2/h21,24,53H,4-20,22-23,25-52H2,1-3H3/b24-21-/t53-/m1/s1. The van der Waals surface area contributed by atoms with Crippen LogP contribution in [0, 0.1) is 0 Å². The number of esters is 2. The first-order valence-electron chi connectivity index (χ1n) is 27.2. The SMILES string of the molecule is CCCCCC/C=C\CCCCCCCC(=O)OC[C@H](COC(=O)CCCCCCCCCCCCCCCCC)OCCCCCCCCCCCCCCCCCC. The lowest BCUT2D eigenvalue weighted by molar-refractivity contribution is -0.155. The monoisotopic (exact) mass is 847 g/mol. The highest BCUT2D eigenvalue weighted by Gasteiger charge is 2.16. The quantitative estimate of drug-likeness (QED) is 0.0347. The third kappa shape index (κ3) is 49.3. The molecule has 0 aliphatic rings. The number of carbonyl (C=O) groups excluding carboxylic acids is 2. The first-order valence-corrected chi connectivity index (χ1v) is 27.2. The normalized spacial score (nSPS) is 12.1. The van der Waals surface area contributed by atoms with Gasteiger partial charge in [-0.2, -0.15) is 0 Å². The second-order valence-electron chi connectivity index (χ2n) is 18.5. The van der Waals surface area contributed by atoms with E-state index in [4.69, 9.17) is 14.2 Å². The van der Waals surface area contributed by atoms with E-state index < -0.39 is 6.10 Å². The van der Waals surface area contributed by atoms with Crippen molar-refractivity contribution in [2.24, 2.45) is 0 Å². The fourth-order valence-electron chi connectivity index (χ4n) is 8.19. The summed E-state index contributed by atoms with van der Waals surface area (Å²) in [6, 6.07) is 0. The van der Waals surface area contributed by atoms with Gasteiger partial charge in [0, 0.05) is 19.4 Å². The van der Waals surface area contributed by atoms with Crippen LogP contribution < -0.4 is 0 Å². The van der Waals surface area contributed by atoms with Gasteiger partial charge in [-0.15, -0.1) is 0 Å². The van der Waals surface area contributed by atoms with E-state index in [1.54, 1.807) is 0 Å². The highest BCUT2D eigenvalue weighted by Crippen LogP contribution is 2.16. The maximum atomic E-state index is 12.6. The minimum atomic E-state index is -0.394. The van der Waals surface area contributed by atoms with Gasteiger partial charge in [-0.3, -0.25) is 9.59 Å². The van der Waals surface area contributed by atoms with Gasteiger partial charge in [-0.05, 0) is 44.9 Å². The summed E-state index contributed by atoms with van der Waals surface area (Å²) in [5.74, 6) is -0.323. The van der Waals surface area contributed by atoms with Crippen molar-refractivity contribution in [3.8, 4) is 0 Å². The molecule has 60 heavy (non-hydrogen) atoms. The Balaban J connectivity index is 4.20. The smallest absolute Gasteiger partial charge is 0.305 e. The largest absolute Gasteiger partial charge is 0.463 e. The zero-order chi connectivity index (χ0) is 43.5. The molecule has 1 atom stereocenters. The third-order valence-corrected chi connectivity index (χ3v) is 12.3. The van der Waals surface area contributed by atoms with E-state index in [-0.39, 0.29) is 25.2 Å². The van der Waals surface area contributed by atoms with E-state index in [0.717, 1.165) is 44.9 Å². The van der Waals surface area contributed by atoms with Crippen LogP contribution in [0.5, 0.6) is 0 Å². The first-order chi connectivity index (χ1) is 29.6. The van der Waals surface area contributed by atoms with Crippen LogP contribution in [-0.4, -0.2) is 37.9 Å². The summed E-state index contributed by atoms with van der Waals surface area (Å²) in [6.45, 7) is 7.77. The predicted molar refractivity (Wildman–Crippen MR) is 261 cm³/mol. The summed E-state index contributed by atoms with van der Waals surface area (Å²) in [5.41, 5.74) is 0. The molecule has 5 heteroatoms. The summed E-state index contributed by atoms with van der Waals surface area (Å²) in [4.78, 5) is 25.2. The van der Waals surface area contributed by atoms with Crippen molar-refractivity contribution >= 4 is 11.9 Å². The Kier molecular flexibility index (Phi) is 50.8. The van der Waals surface area contributed by atoms with Crippen LogP contribution in [-0.2, 0) is 23.8 Å². The highest BCUT2D eigenvalue weighted by atomic mass is 16.6. The minimum Gasteiger partial charge on any atom is -0.463 e. The van der Waals surface area contributed by atoms with Crippen LogP contribution in [0.25, 0.3) is 0 Å². The molecular weight excluding hydrogens is 741 g/mol. The van der Waals surface area contributed by atoms with E-state index in [1.807, 2.05) is 0 Å². The summed E-state index contributed by atoms with van der Waals surface area (Å²) < 4.78 is 17.5. The molecule has 0 aromatic carbocycles. The summed E-state index contributed by atoms with van der Waals surface area (Å²) >= 11 is 0. The van der Waals surface area contributed by atoms with Gasteiger partial charge >= 0.3 is 11.9 Å². The molecule has 0 spiro atoms. The number of allylic oxidation sites excluding steroid dienone is 2. The molecule has 356 valence electrons. The van der Waals surface area contributed by atoms with E-state index in [0.29, 0.717) is 19.4 Å². The number of ether oxygens (including phenoxy) is 3. The molecule has 0 aliphatic heterocycles. The molecule has 0 heterocycles. The van der Waals surface area contributed by atoms with Gasteiger partial charge in [0.15, 0.2) is 0 Å². The van der Waals surface area contributed by atoms with Crippen LogP contribution in [0.2, 0.25) is 0 Å². The van der Waals surface area contributed by atoms with E-state index in [2.05, 4.69) is 32.9 Å². The molecular formula is C55H106O5. The average molecular weight is 847 g/mol. The Hall–Kier alpha value is -1.36. The fourth-order valence-corrected chi connectivity index (χ4v) is 8.19. The van der Waals surface area contributed by atoms with Crippen LogP contribution in [0.1, 0.15) is 303 Å². The van der Waals surface area contributed by atoms with Gasteiger partial charge in [0.2, 0.25) is 0 Å². The predicted octanol–water partition coefficient (Wildman–Crippen LogP) is 18.2. The third-order valence-electron chi connectivity index (χ3n) is 12.3. The Morgan fingerprint density at radius 3 is 0.900 bits per heavy atom. The van der Waals surface area contributed by atoms with E-state index in [9.17, 15) is 9.59 Å². The van der Waals surface area contributed by atoms with Crippen molar-refractivity contribution in [3.63, 3.8) is 0 Å². The van der Waals surface area contributed by atoms with Crippen molar-refractivity contribution in [1.82, 2.24) is 0 Å². The lowest BCUT2D eigenvalue weighted by Crippen LogP contribution is -2.29. The van der Waals surface area contributed by atoms with Gasteiger partial charge in [-0.1, -0.05) is 258 Å². The Morgan fingerprint density at radius 2 is 0.583 bits per heavy atom.